The summed E-state index contributed by atoms with van der Waals surface area (Å²) in [7, 11) is 0. The van der Waals surface area contributed by atoms with Crippen molar-refractivity contribution in [3.05, 3.63) is 45.8 Å². The van der Waals surface area contributed by atoms with Crippen LogP contribution in [0.2, 0.25) is 0 Å². The van der Waals surface area contributed by atoms with E-state index in [1.54, 1.807) is 23.6 Å². The van der Waals surface area contributed by atoms with Gasteiger partial charge in [0.25, 0.3) is 5.91 Å². The van der Waals surface area contributed by atoms with Crippen LogP contribution < -0.4 is 5.32 Å². The zero-order valence-corrected chi connectivity index (χ0v) is 11.7. The van der Waals surface area contributed by atoms with Crippen molar-refractivity contribution in [1.29, 1.82) is 0 Å². The zero-order chi connectivity index (χ0) is 13.2. The Kier molecular flexibility index (Phi) is 3.34. The number of fused-ring (bicyclic) bond motifs is 1. The Morgan fingerprint density at radius 2 is 2.37 bits per heavy atom. The fourth-order valence-corrected chi connectivity index (χ4v) is 3.73. The SMILES string of the molecule is C[C@H]1CCc2c(C(=O)Nc3ccccn3)csc2C1. The van der Waals surface area contributed by atoms with Crippen LogP contribution in [0.3, 0.4) is 0 Å². The maximum absolute atomic E-state index is 12.3. The van der Waals surface area contributed by atoms with E-state index in [1.807, 2.05) is 17.5 Å². The lowest BCUT2D eigenvalue weighted by molar-refractivity contribution is 0.102. The number of pyridine rings is 1. The van der Waals surface area contributed by atoms with Gasteiger partial charge in [-0.2, -0.15) is 0 Å². The fourth-order valence-electron chi connectivity index (χ4n) is 2.49. The highest BCUT2D eigenvalue weighted by Crippen LogP contribution is 2.33. The molecule has 3 rings (SSSR count). The first-order valence-electron chi connectivity index (χ1n) is 6.55. The van der Waals surface area contributed by atoms with Gasteiger partial charge in [0.05, 0.1) is 5.56 Å². The number of thiophene rings is 1. The van der Waals surface area contributed by atoms with Crippen molar-refractivity contribution >= 4 is 23.1 Å². The lowest BCUT2D eigenvalue weighted by atomic mass is 9.88. The minimum atomic E-state index is -0.0363. The van der Waals surface area contributed by atoms with Crippen molar-refractivity contribution in [3.63, 3.8) is 0 Å². The van der Waals surface area contributed by atoms with Gasteiger partial charge in [0.1, 0.15) is 5.82 Å². The van der Waals surface area contributed by atoms with Crippen LogP contribution in [-0.4, -0.2) is 10.9 Å². The molecule has 3 nitrogen and oxygen atoms in total. The number of nitrogens with zero attached hydrogens (tertiary/aromatic N) is 1. The molecule has 98 valence electrons. The molecule has 0 aliphatic heterocycles. The second-order valence-corrected chi connectivity index (χ2v) is 6.03. The van der Waals surface area contributed by atoms with Gasteiger partial charge >= 0.3 is 0 Å². The second-order valence-electron chi connectivity index (χ2n) is 5.07. The Morgan fingerprint density at radius 3 is 3.16 bits per heavy atom. The van der Waals surface area contributed by atoms with E-state index in [0.29, 0.717) is 5.82 Å². The normalized spacial score (nSPS) is 17.8. The zero-order valence-electron chi connectivity index (χ0n) is 10.8. The van der Waals surface area contributed by atoms with E-state index in [-0.39, 0.29) is 5.91 Å². The van der Waals surface area contributed by atoms with Crippen LogP contribution in [0.1, 0.15) is 34.1 Å². The number of anilines is 1. The molecule has 0 unspecified atom stereocenters. The number of carbonyl (C=O) groups is 1. The Labute approximate surface area is 116 Å². The monoisotopic (exact) mass is 272 g/mol. The summed E-state index contributed by atoms with van der Waals surface area (Å²) in [6.45, 7) is 2.27. The van der Waals surface area contributed by atoms with Crippen LogP contribution in [0.25, 0.3) is 0 Å². The van der Waals surface area contributed by atoms with Gasteiger partial charge in [-0.05, 0) is 42.9 Å². The molecule has 1 aliphatic carbocycles. The molecule has 0 radical (unpaired) electrons. The lowest BCUT2D eigenvalue weighted by Gasteiger charge is -2.18. The van der Waals surface area contributed by atoms with E-state index < -0.39 is 0 Å². The van der Waals surface area contributed by atoms with Gasteiger partial charge in [-0.15, -0.1) is 11.3 Å². The van der Waals surface area contributed by atoms with Crippen molar-refractivity contribution in [2.45, 2.75) is 26.2 Å². The molecule has 0 spiro atoms. The minimum Gasteiger partial charge on any atom is -0.307 e. The molecular weight excluding hydrogens is 256 g/mol. The van der Waals surface area contributed by atoms with Crippen LogP contribution in [0.15, 0.2) is 29.8 Å². The summed E-state index contributed by atoms with van der Waals surface area (Å²) in [4.78, 5) is 17.8. The van der Waals surface area contributed by atoms with Gasteiger partial charge in [0.2, 0.25) is 0 Å². The van der Waals surface area contributed by atoms with Crippen LogP contribution >= 0.6 is 11.3 Å². The molecule has 2 aromatic heterocycles. The Bertz CT molecular complexity index is 591. The number of nitrogens with one attached hydrogen (secondary N) is 1. The Morgan fingerprint density at radius 1 is 1.47 bits per heavy atom. The van der Waals surface area contributed by atoms with E-state index in [2.05, 4.69) is 17.2 Å². The van der Waals surface area contributed by atoms with E-state index in [4.69, 9.17) is 0 Å². The smallest absolute Gasteiger partial charge is 0.257 e. The molecule has 0 bridgehead atoms. The quantitative estimate of drug-likeness (QED) is 0.909. The van der Waals surface area contributed by atoms with Gasteiger partial charge < -0.3 is 5.32 Å². The highest BCUT2D eigenvalue weighted by molar-refractivity contribution is 7.10. The van der Waals surface area contributed by atoms with Gasteiger partial charge in [0, 0.05) is 16.5 Å². The Balaban J connectivity index is 1.81. The highest BCUT2D eigenvalue weighted by atomic mass is 32.1. The summed E-state index contributed by atoms with van der Waals surface area (Å²) in [5.74, 6) is 1.31. The first kappa shape index (κ1) is 12.4. The molecule has 4 heteroatoms. The molecule has 1 atom stereocenters. The molecule has 1 N–H and O–H groups in total. The van der Waals surface area contributed by atoms with Crippen LogP contribution in [0.4, 0.5) is 5.82 Å². The van der Waals surface area contributed by atoms with Crippen molar-refractivity contribution in [1.82, 2.24) is 4.98 Å². The molecule has 1 aliphatic rings. The number of carbonyl (C=O) groups excluding carboxylic acids is 1. The van der Waals surface area contributed by atoms with Gasteiger partial charge in [-0.1, -0.05) is 13.0 Å². The number of aromatic nitrogens is 1. The molecule has 2 aromatic rings. The number of hydrogen-bond donors (Lipinski definition) is 1. The molecule has 2 heterocycles. The first-order valence-corrected chi connectivity index (χ1v) is 7.43. The third-order valence-corrected chi connectivity index (χ3v) is 4.60. The molecule has 0 fully saturated rings. The maximum Gasteiger partial charge on any atom is 0.257 e. The van der Waals surface area contributed by atoms with Crippen molar-refractivity contribution in [2.24, 2.45) is 5.92 Å². The predicted molar refractivity (Wildman–Crippen MR) is 77.7 cm³/mol. The van der Waals surface area contributed by atoms with Crippen molar-refractivity contribution in [2.75, 3.05) is 5.32 Å². The standard InChI is InChI=1S/C15H16N2OS/c1-10-5-6-11-12(9-19-13(11)8-10)15(18)17-14-4-2-3-7-16-14/h2-4,7,9-10H,5-6,8H2,1H3,(H,16,17,18)/t10-/m0/s1. The summed E-state index contributed by atoms with van der Waals surface area (Å²) in [5, 5.41) is 4.85. The van der Waals surface area contributed by atoms with Gasteiger partial charge in [-0.25, -0.2) is 4.98 Å². The molecule has 0 saturated heterocycles. The lowest BCUT2D eigenvalue weighted by Crippen LogP contribution is -2.16. The topological polar surface area (TPSA) is 42.0 Å². The van der Waals surface area contributed by atoms with E-state index >= 15 is 0 Å². The summed E-state index contributed by atoms with van der Waals surface area (Å²) < 4.78 is 0. The average molecular weight is 272 g/mol. The molecule has 0 saturated carbocycles. The van der Waals surface area contributed by atoms with Gasteiger partial charge in [-0.3, -0.25) is 4.79 Å². The van der Waals surface area contributed by atoms with Crippen LogP contribution in [-0.2, 0) is 12.8 Å². The largest absolute Gasteiger partial charge is 0.307 e. The van der Waals surface area contributed by atoms with Gasteiger partial charge in [0.15, 0.2) is 0 Å². The minimum absolute atomic E-state index is 0.0363. The number of amides is 1. The van der Waals surface area contributed by atoms with Crippen molar-refractivity contribution < 1.29 is 4.79 Å². The maximum atomic E-state index is 12.3. The van der Waals surface area contributed by atoms with Crippen molar-refractivity contribution in [3.8, 4) is 0 Å². The predicted octanol–water partition coefficient (Wildman–Crippen LogP) is 3.52. The summed E-state index contributed by atoms with van der Waals surface area (Å²) in [6, 6.07) is 5.51. The number of hydrogen-bond acceptors (Lipinski definition) is 3. The highest BCUT2D eigenvalue weighted by Gasteiger charge is 2.23. The Hall–Kier alpha value is -1.68. The molecule has 19 heavy (non-hydrogen) atoms. The van der Waals surface area contributed by atoms with Crippen LogP contribution in [0.5, 0.6) is 0 Å². The third-order valence-electron chi connectivity index (χ3n) is 3.55. The first-order chi connectivity index (χ1) is 9.24. The third kappa shape index (κ3) is 2.54. The van der Waals surface area contributed by atoms with E-state index in [0.717, 1.165) is 24.3 Å². The number of rotatable bonds is 2. The van der Waals surface area contributed by atoms with E-state index in [9.17, 15) is 4.79 Å². The second kappa shape index (κ2) is 5.13. The summed E-state index contributed by atoms with van der Waals surface area (Å²) >= 11 is 1.71. The fraction of sp³-hybridized carbons (Fsp3) is 0.333. The van der Waals surface area contributed by atoms with E-state index in [1.165, 1.54) is 16.9 Å². The molecule has 1 amide bonds. The molecular formula is C15H16N2OS. The average Bonchev–Trinajstić information content (AvgIpc) is 2.82. The van der Waals surface area contributed by atoms with Crippen LogP contribution in [0, 0.1) is 5.92 Å². The summed E-state index contributed by atoms with van der Waals surface area (Å²) in [5.41, 5.74) is 2.08. The summed E-state index contributed by atoms with van der Waals surface area (Å²) in [6.07, 6.45) is 4.98. The molecule has 0 aromatic carbocycles.